The van der Waals surface area contributed by atoms with Gasteiger partial charge in [-0.3, -0.25) is 9.59 Å². The third-order valence-electron chi connectivity index (χ3n) is 6.48. The molecule has 0 fully saturated rings. The number of carboxylic acid groups (broad SMARTS) is 1. The van der Waals surface area contributed by atoms with Gasteiger partial charge in [0.2, 0.25) is 0 Å². The second kappa shape index (κ2) is 12.4. The van der Waals surface area contributed by atoms with E-state index in [1.807, 2.05) is 67.6 Å². The predicted octanol–water partition coefficient (Wildman–Crippen LogP) is 5.60. The minimum atomic E-state index is -0.910. The van der Waals surface area contributed by atoms with Gasteiger partial charge in [-0.05, 0) is 57.1 Å². The van der Waals surface area contributed by atoms with E-state index in [4.69, 9.17) is 4.74 Å². The van der Waals surface area contributed by atoms with Crippen molar-refractivity contribution < 1.29 is 24.5 Å². The highest BCUT2D eigenvalue weighted by Gasteiger charge is 2.34. The van der Waals surface area contributed by atoms with Crippen molar-refractivity contribution in [1.82, 2.24) is 0 Å². The van der Waals surface area contributed by atoms with Crippen LogP contribution in [0, 0.1) is 0 Å². The summed E-state index contributed by atoms with van der Waals surface area (Å²) in [7, 11) is 0. The predicted molar refractivity (Wildman–Crippen MR) is 125 cm³/mol. The second-order valence-electron chi connectivity index (χ2n) is 8.96. The van der Waals surface area contributed by atoms with E-state index >= 15 is 0 Å². The highest BCUT2D eigenvalue weighted by molar-refractivity contribution is 5.80. The topological polar surface area (TPSA) is 83.8 Å². The SMILES string of the molecule is CC(CCCCC(O)CCCCC(C)(C(=O)O)c1ccccc1)(OC=O)c1ccccc1. The van der Waals surface area contributed by atoms with E-state index < -0.39 is 23.1 Å². The van der Waals surface area contributed by atoms with E-state index in [0.29, 0.717) is 32.2 Å². The molecule has 0 aliphatic heterocycles. The molecule has 32 heavy (non-hydrogen) atoms. The number of carbonyl (C=O) groups is 2. The van der Waals surface area contributed by atoms with E-state index in [9.17, 15) is 19.8 Å². The summed E-state index contributed by atoms with van der Waals surface area (Å²) >= 11 is 0. The Kier molecular flexibility index (Phi) is 9.92. The summed E-state index contributed by atoms with van der Waals surface area (Å²) in [5.41, 5.74) is 0.207. The quantitative estimate of drug-likeness (QED) is 0.278. The van der Waals surface area contributed by atoms with Crippen LogP contribution in [0.3, 0.4) is 0 Å². The van der Waals surface area contributed by atoms with Crippen molar-refractivity contribution in [2.45, 2.75) is 82.3 Å². The maximum absolute atomic E-state index is 11.9. The fourth-order valence-electron chi connectivity index (χ4n) is 4.19. The summed E-state index contributed by atoms with van der Waals surface area (Å²) in [6, 6.07) is 19.0. The molecule has 0 saturated carbocycles. The lowest BCUT2D eigenvalue weighted by Gasteiger charge is -2.28. The highest BCUT2D eigenvalue weighted by atomic mass is 16.5. The average Bonchev–Trinajstić information content (AvgIpc) is 2.80. The van der Waals surface area contributed by atoms with E-state index in [2.05, 4.69) is 0 Å². The molecule has 0 amide bonds. The fraction of sp³-hybridized carbons (Fsp3) is 0.481. The van der Waals surface area contributed by atoms with Crippen molar-refractivity contribution in [2.75, 3.05) is 0 Å². The zero-order valence-electron chi connectivity index (χ0n) is 19.2. The lowest BCUT2D eigenvalue weighted by molar-refractivity contribution is -0.144. The van der Waals surface area contributed by atoms with Crippen molar-refractivity contribution >= 4 is 12.4 Å². The van der Waals surface area contributed by atoms with Gasteiger partial charge in [0.15, 0.2) is 0 Å². The molecular formula is C27H36O5. The summed E-state index contributed by atoms with van der Waals surface area (Å²) in [5.74, 6) is -0.816. The number of ether oxygens (including phenoxy) is 1. The number of aliphatic hydroxyl groups is 1. The average molecular weight is 441 g/mol. The summed E-state index contributed by atoms with van der Waals surface area (Å²) in [6.45, 7) is 4.19. The first-order chi connectivity index (χ1) is 15.3. The maximum Gasteiger partial charge on any atom is 0.313 e. The molecule has 2 aromatic rings. The molecule has 0 spiro atoms. The molecule has 5 nitrogen and oxygen atoms in total. The van der Waals surface area contributed by atoms with Crippen LogP contribution in [0.2, 0.25) is 0 Å². The maximum atomic E-state index is 11.9. The van der Waals surface area contributed by atoms with Crippen molar-refractivity contribution in [1.29, 1.82) is 0 Å². The number of hydrogen-bond acceptors (Lipinski definition) is 4. The Hall–Kier alpha value is -2.66. The summed E-state index contributed by atoms with van der Waals surface area (Å²) in [5, 5.41) is 20.1. The molecule has 3 atom stereocenters. The van der Waals surface area contributed by atoms with Crippen molar-refractivity contribution in [3.05, 3.63) is 71.8 Å². The molecule has 0 aromatic heterocycles. The largest absolute Gasteiger partial charge is 0.481 e. The van der Waals surface area contributed by atoms with Gasteiger partial charge in [-0.25, -0.2) is 0 Å². The zero-order chi connectivity index (χ0) is 23.5. The molecule has 3 unspecified atom stereocenters. The molecular weight excluding hydrogens is 404 g/mol. The van der Waals surface area contributed by atoms with Crippen molar-refractivity contribution in [2.24, 2.45) is 0 Å². The van der Waals surface area contributed by atoms with Gasteiger partial charge in [-0.2, -0.15) is 0 Å². The Bertz CT molecular complexity index is 822. The standard InChI is InChI=1S/C27H36O5/c1-26(25(30)31,22-13-5-3-6-14-22)19-11-9-17-24(29)18-10-12-20-27(2,32-21-28)23-15-7-4-8-16-23/h3-8,13-16,21,24,29H,9-12,17-20H2,1-2H3,(H,30,31). The molecule has 5 heteroatoms. The van der Waals surface area contributed by atoms with E-state index in [1.165, 1.54) is 0 Å². The number of carboxylic acids is 1. The Morgan fingerprint density at radius 2 is 1.38 bits per heavy atom. The number of rotatable bonds is 15. The first-order valence-corrected chi connectivity index (χ1v) is 11.5. The Balaban J connectivity index is 1.72. The summed E-state index contributed by atoms with van der Waals surface area (Å²) in [6.07, 6.45) is 5.36. The van der Waals surface area contributed by atoms with Gasteiger partial charge in [0.25, 0.3) is 6.47 Å². The monoisotopic (exact) mass is 440 g/mol. The molecule has 0 heterocycles. The second-order valence-corrected chi connectivity index (χ2v) is 8.96. The molecule has 0 bridgehead atoms. The van der Waals surface area contributed by atoms with E-state index in [-0.39, 0.29) is 0 Å². The molecule has 2 N–H and O–H groups in total. The van der Waals surface area contributed by atoms with Gasteiger partial charge in [-0.1, -0.05) is 79.9 Å². The number of hydrogen-bond donors (Lipinski definition) is 2. The summed E-state index contributed by atoms with van der Waals surface area (Å²) in [4.78, 5) is 22.9. The van der Waals surface area contributed by atoms with Crippen LogP contribution in [0.25, 0.3) is 0 Å². The third-order valence-corrected chi connectivity index (χ3v) is 6.48. The van der Waals surface area contributed by atoms with E-state index in [1.54, 1.807) is 6.92 Å². The lowest BCUT2D eigenvalue weighted by atomic mass is 9.78. The van der Waals surface area contributed by atoms with Crippen LogP contribution >= 0.6 is 0 Å². The minimum Gasteiger partial charge on any atom is -0.481 e. The number of carbonyl (C=O) groups excluding carboxylic acids is 1. The van der Waals surface area contributed by atoms with Gasteiger partial charge in [0, 0.05) is 0 Å². The molecule has 0 radical (unpaired) electrons. The molecule has 2 rings (SSSR count). The van der Waals surface area contributed by atoms with Crippen LogP contribution in [-0.4, -0.2) is 28.8 Å². The minimum absolute atomic E-state index is 0.405. The van der Waals surface area contributed by atoms with Gasteiger partial charge < -0.3 is 14.9 Å². The number of aliphatic carboxylic acids is 1. The zero-order valence-corrected chi connectivity index (χ0v) is 19.2. The third kappa shape index (κ3) is 7.20. The van der Waals surface area contributed by atoms with Gasteiger partial charge in [-0.15, -0.1) is 0 Å². The van der Waals surface area contributed by atoms with Crippen LogP contribution in [-0.2, 0) is 25.3 Å². The normalized spacial score (nSPS) is 15.8. The molecule has 0 aliphatic rings. The van der Waals surface area contributed by atoms with E-state index in [0.717, 1.165) is 36.8 Å². The molecule has 0 aliphatic carbocycles. The Morgan fingerprint density at radius 1 is 0.875 bits per heavy atom. The summed E-state index contributed by atoms with van der Waals surface area (Å²) < 4.78 is 5.40. The van der Waals surface area contributed by atoms with Crippen molar-refractivity contribution in [3.8, 4) is 0 Å². The van der Waals surface area contributed by atoms with Crippen LogP contribution in [0.5, 0.6) is 0 Å². The van der Waals surface area contributed by atoms with Gasteiger partial charge in [0.05, 0.1) is 11.5 Å². The van der Waals surface area contributed by atoms with Crippen LogP contribution in [0.4, 0.5) is 0 Å². The lowest BCUT2D eigenvalue weighted by Crippen LogP contribution is -2.32. The van der Waals surface area contributed by atoms with Crippen molar-refractivity contribution in [3.63, 3.8) is 0 Å². The van der Waals surface area contributed by atoms with Gasteiger partial charge >= 0.3 is 5.97 Å². The van der Waals surface area contributed by atoms with Crippen LogP contribution in [0.15, 0.2) is 60.7 Å². The van der Waals surface area contributed by atoms with Gasteiger partial charge in [0.1, 0.15) is 5.60 Å². The number of unbranched alkanes of at least 4 members (excludes halogenated alkanes) is 2. The molecule has 174 valence electrons. The first kappa shape index (κ1) is 25.6. The van der Waals surface area contributed by atoms with Crippen LogP contribution in [0.1, 0.15) is 76.3 Å². The van der Waals surface area contributed by atoms with Crippen LogP contribution < -0.4 is 0 Å². The number of benzene rings is 2. The Morgan fingerprint density at radius 3 is 1.88 bits per heavy atom. The fourth-order valence-corrected chi connectivity index (χ4v) is 4.19. The Labute approximate surface area is 191 Å². The number of aliphatic hydroxyl groups excluding tert-OH is 1. The highest BCUT2D eigenvalue weighted by Crippen LogP contribution is 2.32. The molecule has 0 saturated heterocycles. The first-order valence-electron chi connectivity index (χ1n) is 11.5. The molecule has 2 aromatic carbocycles. The smallest absolute Gasteiger partial charge is 0.313 e.